The Morgan fingerprint density at radius 3 is 2.10 bits per heavy atom. The average Bonchev–Trinajstić information content (AvgIpc) is 2.46. The Balaban J connectivity index is 1.76. The number of halogens is 3. The molecule has 0 aromatic rings. The van der Waals surface area contributed by atoms with Crippen LogP contribution in [0.2, 0.25) is 0 Å². The first-order chi connectivity index (χ1) is 9.89. The SMILES string of the molecule is NCC1CCC(C(=O)N2CCN(CC(F)(F)F)CC2)CC1. The Bertz CT molecular complexity index is 346. The minimum atomic E-state index is -4.16. The number of alkyl halides is 3. The summed E-state index contributed by atoms with van der Waals surface area (Å²) in [7, 11) is 0. The highest BCUT2D eigenvalue weighted by Crippen LogP contribution is 2.29. The molecule has 0 radical (unpaired) electrons. The summed E-state index contributed by atoms with van der Waals surface area (Å²) in [5, 5.41) is 0. The van der Waals surface area contributed by atoms with E-state index in [1.807, 2.05) is 0 Å². The van der Waals surface area contributed by atoms with E-state index in [1.54, 1.807) is 4.90 Å². The van der Waals surface area contributed by atoms with Gasteiger partial charge in [0.15, 0.2) is 0 Å². The first kappa shape index (κ1) is 16.5. The molecule has 0 bridgehead atoms. The number of hydrogen-bond acceptors (Lipinski definition) is 3. The molecule has 0 aromatic carbocycles. The van der Waals surface area contributed by atoms with Crippen molar-refractivity contribution in [2.24, 2.45) is 17.6 Å². The smallest absolute Gasteiger partial charge is 0.340 e. The third kappa shape index (κ3) is 4.85. The molecule has 1 saturated heterocycles. The van der Waals surface area contributed by atoms with Gasteiger partial charge in [-0.05, 0) is 38.1 Å². The molecule has 1 saturated carbocycles. The summed E-state index contributed by atoms with van der Waals surface area (Å²) in [6.45, 7) is 1.23. The summed E-state index contributed by atoms with van der Waals surface area (Å²) >= 11 is 0. The van der Waals surface area contributed by atoms with E-state index >= 15 is 0 Å². The van der Waals surface area contributed by atoms with E-state index in [0.29, 0.717) is 38.6 Å². The van der Waals surface area contributed by atoms with Gasteiger partial charge in [0, 0.05) is 32.1 Å². The Labute approximate surface area is 123 Å². The molecule has 0 atom stereocenters. The van der Waals surface area contributed by atoms with E-state index in [-0.39, 0.29) is 11.8 Å². The van der Waals surface area contributed by atoms with Crippen molar-refractivity contribution in [1.82, 2.24) is 9.80 Å². The summed E-state index contributed by atoms with van der Waals surface area (Å²) in [6.07, 6.45) is -0.457. The number of carbonyl (C=O) groups excluding carboxylic acids is 1. The van der Waals surface area contributed by atoms with E-state index < -0.39 is 12.7 Å². The van der Waals surface area contributed by atoms with Gasteiger partial charge in [0.05, 0.1) is 6.54 Å². The maximum absolute atomic E-state index is 12.4. The van der Waals surface area contributed by atoms with Crippen LogP contribution in [0, 0.1) is 11.8 Å². The van der Waals surface area contributed by atoms with Crippen LogP contribution in [0.25, 0.3) is 0 Å². The standard InChI is InChI=1S/C14H24F3N3O/c15-14(16,17)10-19-5-7-20(8-6-19)13(21)12-3-1-11(9-18)2-4-12/h11-12H,1-10,18H2. The topological polar surface area (TPSA) is 49.6 Å². The second kappa shape index (κ2) is 6.96. The molecule has 122 valence electrons. The highest BCUT2D eigenvalue weighted by molar-refractivity contribution is 5.79. The highest BCUT2D eigenvalue weighted by atomic mass is 19.4. The fourth-order valence-electron chi connectivity index (χ4n) is 3.28. The van der Waals surface area contributed by atoms with Gasteiger partial charge >= 0.3 is 6.18 Å². The van der Waals surface area contributed by atoms with Gasteiger partial charge in [-0.3, -0.25) is 9.69 Å². The van der Waals surface area contributed by atoms with E-state index in [1.165, 1.54) is 4.90 Å². The lowest BCUT2D eigenvalue weighted by molar-refractivity contribution is -0.153. The highest BCUT2D eigenvalue weighted by Gasteiger charge is 2.34. The quantitative estimate of drug-likeness (QED) is 0.859. The summed E-state index contributed by atoms with van der Waals surface area (Å²) in [6, 6.07) is 0. The predicted molar refractivity (Wildman–Crippen MR) is 73.6 cm³/mol. The molecular formula is C14H24F3N3O. The van der Waals surface area contributed by atoms with E-state index in [2.05, 4.69) is 0 Å². The first-order valence-electron chi connectivity index (χ1n) is 7.67. The third-order valence-corrected chi connectivity index (χ3v) is 4.62. The molecule has 2 rings (SSSR count). The number of hydrogen-bond donors (Lipinski definition) is 1. The van der Waals surface area contributed by atoms with Crippen molar-refractivity contribution >= 4 is 5.91 Å². The van der Waals surface area contributed by atoms with Gasteiger partial charge in [-0.15, -0.1) is 0 Å². The summed E-state index contributed by atoms with van der Waals surface area (Å²) in [4.78, 5) is 15.5. The fourth-order valence-corrected chi connectivity index (χ4v) is 3.28. The zero-order chi connectivity index (χ0) is 15.5. The Hall–Kier alpha value is -0.820. The molecule has 1 amide bonds. The molecule has 1 aliphatic heterocycles. The zero-order valence-electron chi connectivity index (χ0n) is 12.2. The molecule has 2 N–H and O–H groups in total. The largest absolute Gasteiger partial charge is 0.401 e. The number of amides is 1. The van der Waals surface area contributed by atoms with Crippen LogP contribution in [0.15, 0.2) is 0 Å². The molecule has 2 fully saturated rings. The van der Waals surface area contributed by atoms with Crippen LogP contribution >= 0.6 is 0 Å². The van der Waals surface area contributed by atoms with Crippen LogP contribution in [0.3, 0.4) is 0 Å². The summed E-state index contributed by atoms with van der Waals surface area (Å²) in [5.41, 5.74) is 5.64. The number of carbonyl (C=O) groups is 1. The maximum Gasteiger partial charge on any atom is 0.401 e. The monoisotopic (exact) mass is 307 g/mol. The third-order valence-electron chi connectivity index (χ3n) is 4.62. The lowest BCUT2D eigenvalue weighted by Crippen LogP contribution is -2.52. The van der Waals surface area contributed by atoms with Gasteiger partial charge in [-0.1, -0.05) is 0 Å². The minimum absolute atomic E-state index is 0.0435. The van der Waals surface area contributed by atoms with Crippen LogP contribution in [0.5, 0.6) is 0 Å². The first-order valence-corrected chi connectivity index (χ1v) is 7.67. The van der Waals surface area contributed by atoms with Crippen LogP contribution in [-0.2, 0) is 4.79 Å². The number of piperazine rings is 1. The fraction of sp³-hybridized carbons (Fsp3) is 0.929. The summed E-state index contributed by atoms with van der Waals surface area (Å²) < 4.78 is 37.0. The lowest BCUT2D eigenvalue weighted by Gasteiger charge is -2.38. The van der Waals surface area contributed by atoms with Crippen molar-refractivity contribution in [3.8, 4) is 0 Å². The van der Waals surface area contributed by atoms with Gasteiger partial charge < -0.3 is 10.6 Å². The van der Waals surface area contributed by atoms with Crippen molar-refractivity contribution in [1.29, 1.82) is 0 Å². The Morgan fingerprint density at radius 2 is 1.62 bits per heavy atom. The van der Waals surface area contributed by atoms with Crippen LogP contribution in [0.4, 0.5) is 13.2 Å². The number of nitrogens with zero attached hydrogens (tertiary/aromatic N) is 2. The van der Waals surface area contributed by atoms with Crippen molar-refractivity contribution in [3.05, 3.63) is 0 Å². The van der Waals surface area contributed by atoms with Crippen molar-refractivity contribution in [2.75, 3.05) is 39.3 Å². The minimum Gasteiger partial charge on any atom is -0.340 e. The number of rotatable bonds is 3. The molecule has 1 aliphatic carbocycles. The van der Waals surface area contributed by atoms with Crippen molar-refractivity contribution in [3.63, 3.8) is 0 Å². The molecule has 0 spiro atoms. The summed E-state index contributed by atoms with van der Waals surface area (Å²) in [5.74, 6) is 0.691. The second-order valence-corrected chi connectivity index (χ2v) is 6.17. The molecule has 4 nitrogen and oxygen atoms in total. The van der Waals surface area contributed by atoms with Gasteiger partial charge in [0.25, 0.3) is 0 Å². The van der Waals surface area contributed by atoms with Crippen LogP contribution < -0.4 is 5.73 Å². The van der Waals surface area contributed by atoms with Gasteiger partial charge in [-0.25, -0.2) is 0 Å². The van der Waals surface area contributed by atoms with Crippen LogP contribution in [0.1, 0.15) is 25.7 Å². The van der Waals surface area contributed by atoms with E-state index in [9.17, 15) is 18.0 Å². The second-order valence-electron chi connectivity index (χ2n) is 6.17. The molecule has 0 aromatic heterocycles. The molecule has 0 unspecified atom stereocenters. The average molecular weight is 307 g/mol. The Morgan fingerprint density at radius 1 is 1.05 bits per heavy atom. The van der Waals surface area contributed by atoms with Crippen LogP contribution in [-0.4, -0.2) is 61.2 Å². The molecule has 2 aliphatic rings. The maximum atomic E-state index is 12.4. The van der Waals surface area contributed by atoms with Crippen molar-refractivity contribution < 1.29 is 18.0 Å². The van der Waals surface area contributed by atoms with Gasteiger partial charge in [0.1, 0.15) is 0 Å². The van der Waals surface area contributed by atoms with Crippen molar-refractivity contribution in [2.45, 2.75) is 31.9 Å². The molecule has 21 heavy (non-hydrogen) atoms. The van der Waals surface area contributed by atoms with Gasteiger partial charge in [-0.2, -0.15) is 13.2 Å². The zero-order valence-corrected chi connectivity index (χ0v) is 12.2. The van der Waals surface area contributed by atoms with Gasteiger partial charge in [0.2, 0.25) is 5.91 Å². The van der Waals surface area contributed by atoms with E-state index in [4.69, 9.17) is 5.73 Å². The number of nitrogens with two attached hydrogens (primary N) is 1. The Kier molecular flexibility index (Phi) is 5.48. The predicted octanol–water partition coefficient (Wildman–Crippen LogP) is 1.46. The normalized spacial score (nSPS) is 28.7. The molecular weight excluding hydrogens is 283 g/mol. The molecule has 7 heteroatoms. The lowest BCUT2D eigenvalue weighted by atomic mass is 9.81. The van der Waals surface area contributed by atoms with E-state index in [0.717, 1.165) is 25.7 Å². The molecule has 1 heterocycles.